The van der Waals surface area contributed by atoms with E-state index in [2.05, 4.69) is 6.92 Å². The molecule has 17 heavy (non-hydrogen) atoms. The molecule has 3 unspecified atom stereocenters. The molecule has 0 amide bonds. The first-order chi connectivity index (χ1) is 7.88. The largest absolute Gasteiger partial charge is 0.404 e. The van der Waals surface area contributed by atoms with Crippen LogP contribution in [0.4, 0.5) is 13.2 Å². The lowest BCUT2D eigenvalue weighted by Crippen LogP contribution is -2.52. The Morgan fingerprint density at radius 1 is 1.29 bits per heavy atom. The first-order valence-electron chi connectivity index (χ1n) is 6.36. The third-order valence-corrected chi connectivity index (χ3v) is 3.90. The quantitative estimate of drug-likeness (QED) is 0.833. The van der Waals surface area contributed by atoms with E-state index in [1.165, 1.54) is 4.90 Å². The maximum absolute atomic E-state index is 12.9. The standard InChI is InChI=1S/C12H23F3N2/c1-9-5-3-4-6-10(9)17(2)11(7-8-16)12(13,14)15/h9-11H,3-8,16H2,1-2H3. The van der Waals surface area contributed by atoms with Crippen LogP contribution in [0.25, 0.3) is 0 Å². The molecule has 3 atom stereocenters. The van der Waals surface area contributed by atoms with Crippen molar-refractivity contribution in [3.63, 3.8) is 0 Å². The Hall–Kier alpha value is -0.290. The lowest BCUT2D eigenvalue weighted by molar-refractivity contribution is -0.190. The Balaban J connectivity index is 2.72. The summed E-state index contributed by atoms with van der Waals surface area (Å²) < 4.78 is 38.8. The minimum atomic E-state index is -4.18. The van der Waals surface area contributed by atoms with Crippen LogP contribution in [0.5, 0.6) is 0 Å². The van der Waals surface area contributed by atoms with Gasteiger partial charge in [0.05, 0.1) is 0 Å². The number of halogens is 3. The zero-order chi connectivity index (χ0) is 13.1. The van der Waals surface area contributed by atoms with E-state index in [1.54, 1.807) is 7.05 Å². The average Bonchev–Trinajstić information content (AvgIpc) is 2.24. The zero-order valence-corrected chi connectivity index (χ0v) is 10.6. The molecule has 1 saturated carbocycles. The molecule has 0 aromatic rings. The minimum absolute atomic E-state index is 0.0107. The van der Waals surface area contributed by atoms with Crippen LogP contribution < -0.4 is 5.73 Å². The van der Waals surface area contributed by atoms with Crippen LogP contribution in [0, 0.1) is 5.92 Å². The number of hydrogen-bond donors (Lipinski definition) is 1. The van der Waals surface area contributed by atoms with E-state index in [0.717, 1.165) is 25.7 Å². The number of nitrogens with zero attached hydrogens (tertiary/aromatic N) is 1. The molecule has 0 radical (unpaired) electrons. The highest BCUT2D eigenvalue weighted by atomic mass is 19.4. The number of alkyl halides is 3. The molecule has 0 aliphatic heterocycles. The number of hydrogen-bond acceptors (Lipinski definition) is 2. The Bertz CT molecular complexity index is 230. The monoisotopic (exact) mass is 252 g/mol. The predicted molar refractivity (Wildman–Crippen MR) is 62.7 cm³/mol. The number of rotatable bonds is 4. The van der Waals surface area contributed by atoms with Crippen molar-refractivity contribution in [3.05, 3.63) is 0 Å². The van der Waals surface area contributed by atoms with E-state index < -0.39 is 12.2 Å². The third kappa shape index (κ3) is 3.85. The topological polar surface area (TPSA) is 29.3 Å². The van der Waals surface area contributed by atoms with Gasteiger partial charge in [-0.05, 0) is 38.8 Å². The van der Waals surface area contributed by atoms with Crippen molar-refractivity contribution in [2.45, 2.75) is 57.3 Å². The van der Waals surface area contributed by atoms with Crippen molar-refractivity contribution in [3.8, 4) is 0 Å². The fraction of sp³-hybridized carbons (Fsp3) is 1.00. The lowest BCUT2D eigenvalue weighted by atomic mass is 9.84. The SMILES string of the molecule is CC1CCCCC1N(C)C(CCN)C(F)(F)F. The summed E-state index contributed by atoms with van der Waals surface area (Å²) in [5.41, 5.74) is 5.30. The van der Waals surface area contributed by atoms with Gasteiger partial charge in [-0.25, -0.2) is 0 Å². The molecule has 1 rings (SSSR count). The molecule has 0 saturated heterocycles. The van der Waals surface area contributed by atoms with Gasteiger partial charge in [-0.3, -0.25) is 4.90 Å². The maximum atomic E-state index is 12.9. The van der Waals surface area contributed by atoms with Crippen molar-refractivity contribution in [2.24, 2.45) is 11.7 Å². The molecule has 1 fully saturated rings. The fourth-order valence-electron chi connectivity index (χ4n) is 2.89. The summed E-state index contributed by atoms with van der Waals surface area (Å²) >= 11 is 0. The first-order valence-corrected chi connectivity index (χ1v) is 6.36. The second-order valence-corrected chi connectivity index (χ2v) is 5.13. The maximum Gasteiger partial charge on any atom is 0.404 e. The van der Waals surface area contributed by atoms with E-state index in [1.807, 2.05) is 0 Å². The molecule has 2 nitrogen and oxygen atoms in total. The van der Waals surface area contributed by atoms with Gasteiger partial charge in [-0.1, -0.05) is 19.8 Å². The van der Waals surface area contributed by atoms with Gasteiger partial charge in [0.1, 0.15) is 6.04 Å². The molecular weight excluding hydrogens is 229 g/mol. The van der Waals surface area contributed by atoms with Crippen molar-refractivity contribution in [1.29, 1.82) is 0 Å². The second kappa shape index (κ2) is 6.05. The average molecular weight is 252 g/mol. The van der Waals surface area contributed by atoms with Gasteiger partial charge in [-0.15, -0.1) is 0 Å². The van der Waals surface area contributed by atoms with Gasteiger partial charge < -0.3 is 5.73 Å². The minimum Gasteiger partial charge on any atom is -0.330 e. The van der Waals surface area contributed by atoms with Crippen LogP contribution in [0.15, 0.2) is 0 Å². The molecule has 0 heterocycles. The summed E-state index contributed by atoms with van der Waals surface area (Å²) in [6.45, 7) is 2.13. The third-order valence-electron chi connectivity index (χ3n) is 3.90. The fourth-order valence-corrected chi connectivity index (χ4v) is 2.89. The van der Waals surface area contributed by atoms with E-state index in [9.17, 15) is 13.2 Å². The molecule has 0 bridgehead atoms. The Morgan fingerprint density at radius 2 is 1.88 bits per heavy atom. The summed E-state index contributed by atoms with van der Waals surface area (Å²) in [7, 11) is 1.60. The molecule has 5 heteroatoms. The Labute approximate surface area is 101 Å². The summed E-state index contributed by atoms with van der Waals surface area (Å²) in [6, 6.07) is -1.35. The zero-order valence-electron chi connectivity index (χ0n) is 10.6. The molecule has 0 aromatic carbocycles. The van der Waals surface area contributed by atoms with Crippen LogP contribution in [0.2, 0.25) is 0 Å². The van der Waals surface area contributed by atoms with Crippen molar-refractivity contribution >= 4 is 0 Å². The summed E-state index contributed by atoms with van der Waals surface area (Å²) in [6.07, 6.45) is -0.114. The van der Waals surface area contributed by atoms with Crippen molar-refractivity contribution in [2.75, 3.05) is 13.6 Å². The van der Waals surface area contributed by atoms with Gasteiger partial charge in [-0.2, -0.15) is 13.2 Å². The van der Waals surface area contributed by atoms with Crippen molar-refractivity contribution < 1.29 is 13.2 Å². The molecule has 1 aliphatic rings. The number of nitrogens with two attached hydrogens (primary N) is 1. The summed E-state index contributed by atoms with van der Waals surface area (Å²) in [5.74, 6) is 0.344. The summed E-state index contributed by atoms with van der Waals surface area (Å²) in [5, 5.41) is 0. The molecule has 1 aliphatic carbocycles. The molecule has 0 aromatic heterocycles. The lowest BCUT2D eigenvalue weighted by Gasteiger charge is -2.41. The van der Waals surface area contributed by atoms with E-state index >= 15 is 0 Å². The van der Waals surface area contributed by atoms with Crippen LogP contribution in [0.3, 0.4) is 0 Å². The Kier molecular flexibility index (Phi) is 5.25. The van der Waals surface area contributed by atoms with E-state index in [0.29, 0.717) is 5.92 Å². The second-order valence-electron chi connectivity index (χ2n) is 5.13. The highest BCUT2D eigenvalue weighted by molar-refractivity contribution is 4.86. The first kappa shape index (κ1) is 14.8. The van der Waals surface area contributed by atoms with Gasteiger partial charge >= 0.3 is 6.18 Å². The highest BCUT2D eigenvalue weighted by Gasteiger charge is 2.44. The van der Waals surface area contributed by atoms with Gasteiger partial charge in [0, 0.05) is 6.04 Å². The Morgan fingerprint density at radius 3 is 2.35 bits per heavy atom. The summed E-state index contributed by atoms with van der Waals surface area (Å²) in [4.78, 5) is 1.51. The van der Waals surface area contributed by atoms with Crippen LogP contribution in [-0.2, 0) is 0 Å². The van der Waals surface area contributed by atoms with Crippen LogP contribution >= 0.6 is 0 Å². The predicted octanol–water partition coefficient (Wildman–Crippen LogP) is 2.78. The van der Waals surface area contributed by atoms with Crippen LogP contribution in [0.1, 0.15) is 39.0 Å². The van der Waals surface area contributed by atoms with Crippen molar-refractivity contribution in [1.82, 2.24) is 4.90 Å². The smallest absolute Gasteiger partial charge is 0.330 e. The molecule has 2 N–H and O–H groups in total. The van der Waals surface area contributed by atoms with Crippen LogP contribution in [-0.4, -0.2) is 36.8 Å². The molecular formula is C12H23F3N2. The van der Waals surface area contributed by atoms with Gasteiger partial charge in [0.25, 0.3) is 0 Å². The van der Waals surface area contributed by atoms with E-state index in [-0.39, 0.29) is 19.0 Å². The van der Waals surface area contributed by atoms with Gasteiger partial charge in [0.2, 0.25) is 0 Å². The van der Waals surface area contributed by atoms with E-state index in [4.69, 9.17) is 5.73 Å². The van der Waals surface area contributed by atoms with Gasteiger partial charge in [0.15, 0.2) is 0 Å². The molecule has 0 spiro atoms. The normalized spacial score (nSPS) is 28.4. The molecule has 102 valence electrons. The highest BCUT2D eigenvalue weighted by Crippen LogP contribution is 2.33.